The zero-order chi connectivity index (χ0) is 15.5. The summed E-state index contributed by atoms with van der Waals surface area (Å²) in [5, 5.41) is 2.31. The third kappa shape index (κ3) is 2.94. The molecule has 6 nitrogen and oxygen atoms in total. The molecule has 7 heteroatoms. The molecule has 114 valence electrons. The van der Waals surface area contributed by atoms with Gasteiger partial charge in [0.05, 0.1) is 13.7 Å². The number of aromatic nitrogens is 1. The van der Waals surface area contributed by atoms with Crippen LogP contribution in [-0.2, 0) is 14.3 Å². The molecule has 0 amide bonds. The van der Waals surface area contributed by atoms with E-state index in [2.05, 4.69) is 4.98 Å². The third-order valence-electron chi connectivity index (χ3n) is 3.19. The number of hydrogen-bond acceptors (Lipinski definition) is 7. The number of rotatable bonds is 4. The summed E-state index contributed by atoms with van der Waals surface area (Å²) in [5.74, 6) is -0.362. The van der Waals surface area contributed by atoms with Gasteiger partial charge in [0, 0.05) is 17.4 Å². The lowest BCUT2D eigenvalue weighted by molar-refractivity contribution is -0.145. The Morgan fingerprint density at radius 2 is 2.14 bits per heavy atom. The average molecular weight is 319 g/mol. The van der Waals surface area contributed by atoms with Crippen molar-refractivity contribution in [2.45, 2.75) is 12.5 Å². The van der Waals surface area contributed by atoms with Gasteiger partial charge in [-0.25, -0.2) is 14.6 Å². The fourth-order valence-electron chi connectivity index (χ4n) is 2.01. The number of cyclic esters (lactones) is 1. The number of carbonyl (C=O) groups excluding carboxylic acids is 2. The quantitative estimate of drug-likeness (QED) is 0.805. The average Bonchev–Trinajstić information content (AvgIpc) is 3.17. The molecule has 0 aliphatic carbocycles. The Morgan fingerprint density at radius 3 is 2.77 bits per heavy atom. The van der Waals surface area contributed by atoms with Crippen LogP contribution in [0.5, 0.6) is 5.75 Å². The fourth-order valence-corrected chi connectivity index (χ4v) is 2.80. The lowest BCUT2D eigenvalue weighted by Gasteiger charge is -2.06. The Hall–Kier alpha value is -2.41. The molecule has 0 spiro atoms. The number of nitrogens with zero attached hydrogens (tertiary/aromatic N) is 1. The molecule has 0 N–H and O–H groups in total. The fraction of sp³-hybridized carbons (Fsp3) is 0.267. The molecule has 1 unspecified atom stereocenters. The van der Waals surface area contributed by atoms with Crippen LogP contribution in [0.15, 0.2) is 29.6 Å². The number of methoxy groups -OCH3 is 1. The molecule has 0 radical (unpaired) electrons. The molecular weight excluding hydrogens is 306 g/mol. The third-order valence-corrected chi connectivity index (χ3v) is 4.08. The first-order valence-electron chi connectivity index (χ1n) is 6.65. The topological polar surface area (TPSA) is 74.7 Å². The Morgan fingerprint density at radius 1 is 1.36 bits per heavy atom. The largest absolute Gasteiger partial charge is 0.497 e. The summed E-state index contributed by atoms with van der Waals surface area (Å²) in [5.41, 5.74) is 1.07. The van der Waals surface area contributed by atoms with E-state index in [1.165, 1.54) is 11.3 Å². The minimum atomic E-state index is -0.821. The van der Waals surface area contributed by atoms with Crippen LogP contribution in [-0.4, -0.2) is 36.7 Å². The molecule has 1 aliphatic heterocycles. The number of esters is 2. The van der Waals surface area contributed by atoms with E-state index in [1.54, 1.807) is 12.5 Å². The summed E-state index contributed by atoms with van der Waals surface area (Å²) in [4.78, 5) is 27.5. The van der Waals surface area contributed by atoms with Gasteiger partial charge in [-0.05, 0) is 24.3 Å². The van der Waals surface area contributed by atoms with Crippen LogP contribution in [0, 0.1) is 0 Å². The van der Waals surface area contributed by atoms with Crippen molar-refractivity contribution in [2.24, 2.45) is 0 Å². The van der Waals surface area contributed by atoms with Gasteiger partial charge >= 0.3 is 11.9 Å². The predicted octanol–water partition coefficient (Wildman–Crippen LogP) is 2.29. The molecule has 2 heterocycles. The Labute approximate surface area is 130 Å². The molecule has 0 saturated carbocycles. The van der Waals surface area contributed by atoms with Crippen LogP contribution < -0.4 is 4.74 Å². The first-order valence-corrected chi connectivity index (χ1v) is 7.53. The van der Waals surface area contributed by atoms with Crippen molar-refractivity contribution in [1.82, 2.24) is 4.98 Å². The van der Waals surface area contributed by atoms with E-state index in [4.69, 9.17) is 14.2 Å². The molecule has 1 atom stereocenters. The summed E-state index contributed by atoms with van der Waals surface area (Å²) < 4.78 is 15.0. The molecule has 3 rings (SSSR count). The maximum atomic E-state index is 12.0. The van der Waals surface area contributed by atoms with E-state index in [0.717, 1.165) is 11.3 Å². The SMILES string of the molecule is COc1ccc(-c2nc(C(=O)OC3CCOC3=O)cs2)cc1. The predicted molar refractivity (Wildman–Crippen MR) is 78.9 cm³/mol. The van der Waals surface area contributed by atoms with E-state index in [1.807, 2.05) is 24.3 Å². The lowest BCUT2D eigenvalue weighted by Crippen LogP contribution is -2.22. The second kappa shape index (κ2) is 6.15. The normalized spacial score (nSPS) is 17.1. The number of ether oxygens (including phenoxy) is 3. The summed E-state index contributed by atoms with van der Waals surface area (Å²) >= 11 is 1.33. The van der Waals surface area contributed by atoms with Crippen molar-refractivity contribution in [3.63, 3.8) is 0 Å². The minimum Gasteiger partial charge on any atom is -0.497 e. The van der Waals surface area contributed by atoms with Crippen molar-refractivity contribution in [1.29, 1.82) is 0 Å². The van der Waals surface area contributed by atoms with Crippen LogP contribution in [0.25, 0.3) is 10.6 Å². The zero-order valence-corrected chi connectivity index (χ0v) is 12.6. The smallest absolute Gasteiger partial charge is 0.358 e. The van der Waals surface area contributed by atoms with Gasteiger partial charge in [-0.3, -0.25) is 0 Å². The maximum Gasteiger partial charge on any atom is 0.358 e. The van der Waals surface area contributed by atoms with Gasteiger partial charge in [-0.15, -0.1) is 11.3 Å². The van der Waals surface area contributed by atoms with E-state index < -0.39 is 18.0 Å². The lowest BCUT2D eigenvalue weighted by atomic mass is 10.2. The van der Waals surface area contributed by atoms with Crippen molar-refractivity contribution >= 4 is 23.3 Å². The van der Waals surface area contributed by atoms with Gasteiger partial charge in [-0.2, -0.15) is 0 Å². The van der Waals surface area contributed by atoms with Crippen LogP contribution >= 0.6 is 11.3 Å². The van der Waals surface area contributed by atoms with Crippen molar-refractivity contribution < 1.29 is 23.8 Å². The zero-order valence-electron chi connectivity index (χ0n) is 11.8. The molecule has 1 fully saturated rings. The van der Waals surface area contributed by atoms with Crippen LogP contribution in [0.1, 0.15) is 16.9 Å². The summed E-state index contributed by atoms with van der Waals surface area (Å²) in [6.45, 7) is 0.283. The monoisotopic (exact) mass is 319 g/mol. The van der Waals surface area contributed by atoms with Gasteiger partial charge in [-0.1, -0.05) is 0 Å². The molecule has 1 aromatic heterocycles. The van der Waals surface area contributed by atoms with E-state index >= 15 is 0 Å². The van der Waals surface area contributed by atoms with Gasteiger partial charge < -0.3 is 14.2 Å². The van der Waals surface area contributed by atoms with Gasteiger partial charge in [0.25, 0.3) is 0 Å². The maximum absolute atomic E-state index is 12.0. The van der Waals surface area contributed by atoms with Crippen LogP contribution in [0.4, 0.5) is 0 Å². The highest BCUT2D eigenvalue weighted by molar-refractivity contribution is 7.13. The summed E-state index contributed by atoms with van der Waals surface area (Å²) in [7, 11) is 1.60. The van der Waals surface area contributed by atoms with Crippen LogP contribution in [0.2, 0.25) is 0 Å². The van der Waals surface area contributed by atoms with Crippen molar-refractivity contribution in [3.05, 3.63) is 35.3 Å². The highest BCUT2D eigenvalue weighted by Gasteiger charge is 2.31. The Bertz CT molecular complexity index is 694. The molecule has 1 aromatic carbocycles. The molecule has 1 saturated heterocycles. The van der Waals surface area contributed by atoms with Crippen molar-refractivity contribution in [3.8, 4) is 16.3 Å². The second-order valence-corrected chi connectivity index (χ2v) is 5.47. The number of carbonyl (C=O) groups is 2. The van der Waals surface area contributed by atoms with Gasteiger partial charge in [0.2, 0.25) is 6.10 Å². The highest BCUT2D eigenvalue weighted by atomic mass is 32.1. The second-order valence-electron chi connectivity index (χ2n) is 4.62. The molecule has 2 aromatic rings. The molecule has 22 heavy (non-hydrogen) atoms. The number of benzene rings is 1. The van der Waals surface area contributed by atoms with Gasteiger partial charge in [0.1, 0.15) is 10.8 Å². The number of thiazole rings is 1. The summed E-state index contributed by atoms with van der Waals surface area (Å²) in [6.07, 6.45) is -0.432. The first kappa shape index (κ1) is 14.5. The van der Waals surface area contributed by atoms with E-state index in [9.17, 15) is 9.59 Å². The molecule has 0 bridgehead atoms. The van der Waals surface area contributed by atoms with Crippen molar-refractivity contribution in [2.75, 3.05) is 13.7 Å². The molecular formula is C15H13NO5S. The van der Waals surface area contributed by atoms with E-state index in [0.29, 0.717) is 11.4 Å². The van der Waals surface area contributed by atoms with E-state index in [-0.39, 0.29) is 12.3 Å². The standard InChI is InChI=1S/C15H13NO5S/c1-19-10-4-2-9(3-5-10)13-16-11(8-22-13)14(17)21-12-6-7-20-15(12)18/h2-5,8,12H,6-7H2,1H3. The Kier molecular flexibility index (Phi) is 4.06. The first-order chi connectivity index (χ1) is 10.7. The Balaban J connectivity index is 1.72. The molecule has 1 aliphatic rings. The highest BCUT2D eigenvalue weighted by Crippen LogP contribution is 2.26. The number of hydrogen-bond donors (Lipinski definition) is 0. The van der Waals surface area contributed by atoms with Gasteiger partial charge in [0.15, 0.2) is 5.69 Å². The van der Waals surface area contributed by atoms with Crippen LogP contribution in [0.3, 0.4) is 0 Å². The summed E-state index contributed by atoms with van der Waals surface area (Å²) in [6, 6.07) is 7.37. The minimum absolute atomic E-state index is 0.190.